The van der Waals surface area contributed by atoms with Crippen molar-refractivity contribution in [2.45, 2.75) is 52.4 Å². The molecule has 0 bridgehead atoms. The fraction of sp³-hybridized carbons (Fsp3) is 0.273. The van der Waals surface area contributed by atoms with E-state index in [1.807, 2.05) is 0 Å². The van der Waals surface area contributed by atoms with E-state index < -0.39 is 0 Å². The van der Waals surface area contributed by atoms with Crippen molar-refractivity contribution >= 4 is 21.8 Å². The predicted octanol–water partition coefficient (Wildman–Crippen LogP) is 9.35. The van der Waals surface area contributed by atoms with Crippen LogP contribution in [0.15, 0.2) is 84.9 Å². The van der Waals surface area contributed by atoms with Gasteiger partial charge in [-0.25, -0.2) is 0 Å². The van der Waals surface area contributed by atoms with Gasteiger partial charge in [-0.3, -0.25) is 0 Å². The first-order chi connectivity index (χ1) is 16.7. The van der Waals surface area contributed by atoms with Gasteiger partial charge in [-0.05, 0) is 71.2 Å². The van der Waals surface area contributed by atoms with Gasteiger partial charge in [0.05, 0.1) is 0 Å². The Balaban J connectivity index is 1.48. The van der Waals surface area contributed by atoms with Crippen molar-refractivity contribution in [2.75, 3.05) is 0 Å². The molecule has 0 amide bonds. The lowest BCUT2D eigenvalue weighted by Crippen LogP contribution is -1.89. The summed E-state index contributed by atoms with van der Waals surface area (Å²) in [7, 11) is 2.19. The Kier molecular flexibility index (Phi) is 6.54. The molecule has 0 saturated heterocycles. The summed E-state index contributed by atoms with van der Waals surface area (Å²) in [6, 6.07) is 32.1. The second kappa shape index (κ2) is 9.89. The molecular formula is C33H35N. The molecule has 0 aliphatic rings. The van der Waals surface area contributed by atoms with Crippen LogP contribution in [-0.2, 0) is 19.9 Å². The molecule has 5 rings (SSSR count). The molecule has 0 fully saturated rings. The summed E-state index contributed by atoms with van der Waals surface area (Å²) >= 11 is 0. The van der Waals surface area contributed by atoms with Gasteiger partial charge in [-0.1, -0.05) is 99.5 Å². The van der Waals surface area contributed by atoms with Crippen molar-refractivity contribution in [3.8, 4) is 22.3 Å². The van der Waals surface area contributed by atoms with Crippen LogP contribution < -0.4 is 0 Å². The number of rotatable bonds is 8. The number of nitrogens with zero attached hydrogens (tertiary/aromatic N) is 1. The van der Waals surface area contributed by atoms with E-state index in [4.69, 9.17) is 0 Å². The molecule has 0 aliphatic carbocycles. The molecule has 0 saturated carbocycles. The third kappa shape index (κ3) is 4.40. The molecule has 34 heavy (non-hydrogen) atoms. The Morgan fingerprint density at radius 1 is 0.500 bits per heavy atom. The smallest absolute Gasteiger partial charge is 0.0494 e. The van der Waals surface area contributed by atoms with Crippen molar-refractivity contribution in [2.24, 2.45) is 7.05 Å². The molecule has 172 valence electrons. The largest absolute Gasteiger partial charge is 0.344 e. The minimum atomic E-state index is 1.17. The number of aromatic nitrogens is 1. The van der Waals surface area contributed by atoms with E-state index in [9.17, 15) is 0 Å². The van der Waals surface area contributed by atoms with Crippen LogP contribution in [-0.4, -0.2) is 4.57 Å². The highest BCUT2D eigenvalue weighted by molar-refractivity contribution is 6.09. The first-order valence-electron chi connectivity index (χ1n) is 12.9. The second-order valence-corrected chi connectivity index (χ2v) is 9.62. The van der Waals surface area contributed by atoms with Crippen LogP contribution in [0.5, 0.6) is 0 Å². The fourth-order valence-electron chi connectivity index (χ4n) is 5.05. The average molecular weight is 446 g/mol. The quantitative estimate of drug-likeness (QED) is 0.224. The van der Waals surface area contributed by atoms with Crippen molar-refractivity contribution in [1.29, 1.82) is 0 Å². The normalized spacial score (nSPS) is 11.5. The molecule has 5 aromatic rings. The summed E-state index contributed by atoms with van der Waals surface area (Å²) in [6.45, 7) is 4.50. The van der Waals surface area contributed by atoms with Gasteiger partial charge >= 0.3 is 0 Å². The third-order valence-electron chi connectivity index (χ3n) is 7.22. The third-order valence-corrected chi connectivity index (χ3v) is 7.22. The number of fused-ring (bicyclic) bond motifs is 3. The summed E-state index contributed by atoms with van der Waals surface area (Å²) in [5, 5.41) is 2.64. The molecule has 4 aromatic carbocycles. The van der Waals surface area contributed by atoms with Crippen LogP contribution in [0.1, 0.15) is 50.7 Å². The van der Waals surface area contributed by atoms with Crippen LogP contribution in [0.4, 0.5) is 0 Å². The molecule has 1 nitrogen and oxygen atoms in total. The first kappa shape index (κ1) is 22.5. The molecule has 0 atom stereocenters. The van der Waals surface area contributed by atoms with Crippen molar-refractivity contribution in [1.82, 2.24) is 4.57 Å². The average Bonchev–Trinajstić information content (AvgIpc) is 3.17. The van der Waals surface area contributed by atoms with Crippen LogP contribution in [0.2, 0.25) is 0 Å². The zero-order valence-electron chi connectivity index (χ0n) is 20.8. The Morgan fingerprint density at radius 2 is 0.882 bits per heavy atom. The Hall–Kier alpha value is -3.32. The highest BCUT2D eigenvalue weighted by atomic mass is 14.9. The van der Waals surface area contributed by atoms with Crippen LogP contribution in [0.25, 0.3) is 44.1 Å². The van der Waals surface area contributed by atoms with Gasteiger partial charge < -0.3 is 4.57 Å². The second-order valence-electron chi connectivity index (χ2n) is 9.62. The summed E-state index contributed by atoms with van der Waals surface area (Å²) < 4.78 is 2.35. The van der Waals surface area contributed by atoms with Gasteiger partial charge in [-0.2, -0.15) is 0 Å². The molecule has 1 heteroatoms. The summed E-state index contributed by atoms with van der Waals surface area (Å²) in [4.78, 5) is 0. The minimum absolute atomic E-state index is 1.17. The van der Waals surface area contributed by atoms with Gasteiger partial charge in [0.15, 0.2) is 0 Å². The molecule has 0 unspecified atom stereocenters. The molecule has 0 spiro atoms. The van der Waals surface area contributed by atoms with Crippen LogP contribution in [0.3, 0.4) is 0 Å². The highest BCUT2D eigenvalue weighted by Crippen LogP contribution is 2.34. The van der Waals surface area contributed by atoms with Crippen LogP contribution >= 0.6 is 0 Å². The first-order valence-corrected chi connectivity index (χ1v) is 12.9. The van der Waals surface area contributed by atoms with E-state index in [1.54, 1.807) is 0 Å². The number of unbranched alkanes of at least 4 members (excludes halogenated alkanes) is 2. The number of benzene rings is 4. The van der Waals surface area contributed by atoms with Crippen molar-refractivity contribution in [3.05, 3.63) is 96.1 Å². The molecule has 0 aliphatic heterocycles. The standard InChI is InChI=1S/C33H35N/c1-4-6-8-24-10-14-26(15-11-24)28-18-20-30-31-21-19-29(23-33(31)34(3)32(30)22-28)27-16-12-25(13-17-27)9-7-5-2/h10-23H,4-9H2,1-3H3. The Bertz CT molecular complexity index is 1290. The predicted molar refractivity (Wildman–Crippen MR) is 149 cm³/mol. The number of hydrogen-bond acceptors (Lipinski definition) is 0. The Morgan fingerprint density at radius 3 is 1.26 bits per heavy atom. The van der Waals surface area contributed by atoms with Gasteiger partial charge in [0.25, 0.3) is 0 Å². The van der Waals surface area contributed by atoms with E-state index >= 15 is 0 Å². The Labute approximate surface area is 204 Å². The maximum absolute atomic E-state index is 2.35. The van der Waals surface area contributed by atoms with Gasteiger partial charge in [0, 0.05) is 28.9 Å². The maximum atomic E-state index is 2.35. The van der Waals surface area contributed by atoms with Crippen molar-refractivity contribution < 1.29 is 0 Å². The maximum Gasteiger partial charge on any atom is 0.0494 e. The molecule has 1 aromatic heterocycles. The lowest BCUT2D eigenvalue weighted by atomic mass is 9.99. The van der Waals surface area contributed by atoms with Crippen molar-refractivity contribution in [3.63, 3.8) is 0 Å². The van der Waals surface area contributed by atoms with E-state index in [0.29, 0.717) is 0 Å². The monoisotopic (exact) mass is 445 g/mol. The highest BCUT2D eigenvalue weighted by Gasteiger charge is 2.11. The lowest BCUT2D eigenvalue weighted by Gasteiger charge is -2.06. The van der Waals surface area contributed by atoms with E-state index in [2.05, 4.69) is 110 Å². The summed E-state index contributed by atoms with van der Waals surface area (Å²) in [6.07, 6.45) is 7.33. The molecule has 0 N–H and O–H groups in total. The number of aryl methyl sites for hydroxylation is 3. The van der Waals surface area contributed by atoms with Crippen LogP contribution in [0, 0.1) is 0 Å². The summed E-state index contributed by atoms with van der Waals surface area (Å²) in [5.74, 6) is 0. The SMILES string of the molecule is CCCCc1ccc(-c2ccc3c4ccc(-c5ccc(CCCC)cc5)cc4n(C)c3c2)cc1. The molecule has 0 radical (unpaired) electrons. The van der Waals surface area contributed by atoms with E-state index in [-0.39, 0.29) is 0 Å². The van der Waals surface area contributed by atoms with Gasteiger partial charge in [-0.15, -0.1) is 0 Å². The summed E-state index contributed by atoms with van der Waals surface area (Å²) in [5.41, 5.74) is 10.6. The molecular weight excluding hydrogens is 410 g/mol. The lowest BCUT2D eigenvalue weighted by molar-refractivity contribution is 0.795. The zero-order valence-corrected chi connectivity index (χ0v) is 20.8. The zero-order chi connectivity index (χ0) is 23.5. The van der Waals surface area contributed by atoms with E-state index in [1.165, 1.54) is 93.7 Å². The van der Waals surface area contributed by atoms with E-state index in [0.717, 1.165) is 0 Å². The van der Waals surface area contributed by atoms with Gasteiger partial charge in [0.2, 0.25) is 0 Å². The number of hydrogen-bond donors (Lipinski definition) is 0. The fourth-order valence-corrected chi connectivity index (χ4v) is 5.05. The van der Waals surface area contributed by atoms with Gasteiger partial charge in [0.1, 0.15) is 0 Å². The minimum Gasteiger partial charge on any atom is -0.344 e. The topological polar surface area (TPSA) is 4.93 Å². The molecule has 1 heterocycles.